The molecule has 0 saturated carbocycles. The predicted octanol–water partition coefficient (Wildman–Crippen LogP) is 5.48. The summed E-state index contributed by atoms with van der Waals surface area (Å²) in [4.78, 5) is 9.90. The second-order valence-electron chi connectivity index (χ2n) is 6.64. The molecule has 1 aliphatic rings. The van der Waals surface area contributed by atoms with E-state index in [2.05, 4.69) is 48.8 Å². The van der Waals surface area contributed by atoms with E-state index in [0.29, 0.717) is 11.6 Å². The van der Waals surface area contributed by atoms with Gasteiger partial charge in [0.1, 0.15) is 6.61 Å². The molecule has 0 saturated heterocycles. The lowest BCUT2D eigenvalue weighted by Gasteiger charge is -2.27. The van der Waals surface area contributed by atoms with Crippen molar-refractivity contribution in [1.82, 2.24) is 9.55 Å². The van der Waals surface area contributed by atoms with Crippen molar-refractivity contribution in [3.05, 3.63) is 87.4 Å². The van der Waals surface area contributed by atoms with E-state index in [9.17, 15) is 0 Å². The van der Waals surface area contributed by atoms with Crippen LogP contribution in [-0.4, -0.2) is 15.3 Å². The summed E-state index contributed by atoms with van der Waals surface area (Å²) in [6.07, 6.45) is 7.68. The van der Waals surface area contributed by atoms with Crippen LogP contribution >= 0.6 is 27.5 Å². The summed E-state index contributed by atoms with van der Waals surface area (Å²) in [7, 11) is 0. The van der Waals surface area contributed by atoms with Gasteiger partial charge in [-0.15, -0.1) is 0 Å². The fraction of sp³-hybridized carbons (Fsp3) is 0.238. The van der Waals surface area contributed by atoms with Crippen LogP contribution in [0.4, 0.5) is 0 Å². The number of rotatable bonds is 5. The van der Waals surface area contributed by atoms with Gasteiger partial charge in [0.15, 0.2) is 0 Å². The number of fused-ring (bicyclic) bond motifs is 1. The molecule has 1 aliphatic carbocycles. The zero-order valence-corrected chi connectivity index (χ0v) is 17.0. The first-order valence-electron chi connectivity index (χ1n) is 8.88. The molecular formula is C21H19BrClN3O. The summed E-state index contributed by atoms with van der Waals surface area (Å²) in [5.41, 5.74) is 4.45. The van der Waals surface area contributed by atoms with Crippen LogP contribution < -0.4 is 0 Å². The summed E-state index contributed by atoms with van der Waals surface area (Å²) in [5.74, 6) is 0.278. The van der Waals surface area contributed by atoms with Crippen molar-refractivity contribution in [2.24, 2.45) is 11.1 Å². The Bertz CT molecular complexity index is 956. The first-order valence-corrected chi connectivity index (χ1v) is 10.1. The maximum atomic E-state index is 6.05. The molecule has 0 spiro atoms. The molecular weight excluding hydrogens is 426 g/mol. The van der Waals surface area contributed by atoms with E-state index in [1.165, 1.54) is 5.56 Å². The van der Waals surface area contributed by atoms with Crippen LogP contribution in [0.1, 0.15) is 23.1 Å². The van der Waals surface area contributed by atoms with Crippen LogP contribution in [0.15, 0.2) is 70.8 Å². The van der Waals surface area contributed by atoms with Gasteiger partial charge < -0.3 is 9.40 Å². The third kappa shape index (κ3) is 4.25. The summed E-state index contributed by atoms with van der Waals surface area (Å²) in [6, 6.07) is 13.9. The SMILES string of the molecule is Clc1cccc(CO/N=C2\c3cccc(Br)c3CCC2Cn2ccnc2)c1. The minimum atomic E-state index is 0.278. The maximum absolute atomic E-state index is 6.05. The topological polar surface area (TPSA) is 39.4 Å². The molecule has 138 valence electrons. The Morgan fingerprint density at radius 2 is 2.15 bits per heavy atom. The lowest BCUT2D eigenvalue weighted by molar-refractivity contribution is 0.128. The Hall–Kier alpha value is -2.11. The minimum Gasteiger partial charge on any atom is -0.391 e. The first kappa shape index (κ1) is 18.3. The molecule has 2 aromatic carbocycles. The van der Waals surface area contributed by atoms with Crippen LogP contribution in [0.25, 0.3) is 0 Å². The van der Waals surface area contributed by atoms with E-state index in [0.717, 1.165) is 40.7 Å². The van der Waals surface area contributed by atoms with Gasteiger partial charge in [-0.05, 0) is 42.2 Å². The van der Waals surface area contributed by atoms with E-state index in [1.807, 2.05) is 36.8 Å². The smallest absolute Gasteiger partial charge is 0.142 e. The standard InChI is InChI=1S/C21H19BrClN3O/c22-20-6-2-5-19-18(20)8-7-16(12-26-10-9-24-14-26)21(19)25-27-13-15-3-1-4-17(23)11-15/h1-6,9-11,14,16H,7-8,12-13H2/b25-21-. The number of hydrogen-bond acceptors (Lipinski definition) is 3. The molecule has 4 rings (SSSR count). The predicted molar refractivity (Wildman–Crippen MR) is 111 cm³/mol. The highest BCUT2D eigenvalue weighted by atomic mass is 79.9. The Balaban J connectivity index is 1.60. The molecule has 27 heavy (non-hydrogen) atoms. The molecule has 1 atom stereocenters. The van der Waals surface area contributed by atoms with E-state index in [-0.39, 0.29) is 5.92 Å². The monoisotopic (exact) mass is 443 g/mol. The van der Waals surface area contributed by atoms with Crippen molar-refractivity contribution in [1.29, 1.82) is 0 Å². The van der Waals surface area contributed by atoms with Crippen molar-refractivity contribution in [3.8, 4) is 0 Å². The van der Waals surface area contributed by atoms with Gasteiger partial charge in [-0.25, -0.2) is 4.98 Å². The molecule has 0 radical (unpaired) electrons. The number of benzene rings is 2. The second-order valence-corrected chi connectivity index (χ2v) is 7.93. The highest BCUT2D eigenvalue weighted by Crippen LogP contribution is 2.32. The number of oxime groups is 1. The zero-order chi connectivity index (χ0) is 18.6. The average molecular weight is 445 g/mol. The number of aromatic nitrogens is 2. The molecule has 1 heterocycles. The third-order valence-electron chi connectivity index (χ3n) is 4.80. The molecule has 0 fully saturated rings. The summed E-state index contributed by atoms with van der Waals surface area (Å²) < 4.78 is 3.23. The first-order chi connectivity index (χ1) is 13.2. The van der Waals surface area contributed by atoms with E-state index in [4.69, 9.17) is 16.4 Å². The van der Waals surface area contributed by atoms with Crippen molar-refractivity contribution in [2.75, 3.05) is 0 Å². The molecule has 0 bridgehead atoms. The Labute approximate surface area is 172 Å². The molecule has 0 N–H and O–H groups in total. The quantitative estimate of drug-likeness (QED) is 0.489. The Morgan fingerprint density at radius 1 is 1.26 bits per heavy atom. The number of nitrogens with zero attached hydrogens (tertiary/aromatic N) is 3. The minimum absolute atomic E-state index is 0.278. The lowest BCUT2D eigenvalue weighted by atomic mass is 9.82. The fourth-order valence-electron chi connectivity index (χ4n) is 3.48. The number of halogens is 2. The van der Waals surface area contributed by atoms with Gasteiger partial charge in [-0.3, -0.25) is 0 Å². The molecule has 6 heteroatoms. The number of hydrogen-bond donors (Lipinski definition) is 0. The van der Waals surface area contributed by atoms with E-state index >= 15 is 0 Å². The van der Waals surface area contributed by atoms with Crippen LogP contribution in [0.3, 0.4) is 0 Å². The van der Waals surface area contributed by atoms with Crippen LogP contribution in [0, 0.1) is 5.92 Å². The summed E-state index contributed by atoms with van der Waals surface area (Å²) in [5, 5.41) is 5.27. The molecule has 1 aromatic heterocycles. The lowest BCUT2D eigenvalue weighted by Crippen LogP contribution is -2.27. The van der Waals surface area contributed by atoms with Gasteiger partial charge in [0.05, 0.1) is 12.0 Å². The van der Waals surface area contributed by atoms with Gasteiger partial charge in [0.2, 0.25) is 0 Å². The van der Waals surface area contributed by atoms with E-state index in [1.54, 1.807) is 6.20 Å². The summed E-state index contributed by atoms with van der Waals surface area (Å²) in [6.45, 7) is 1.23. The van der Waals surface area contributed by atoms with Gasteiger partial charge in [0, 0.05) is 39.9 Å². The number of imidazole rings is 1. The Morgan fingerprint density at radius 3 is 2.96 bits per heavy atom. The zero-order valence-electron chi connectivity index (χ0n) is 14.7. The van der Waals surface area contributed by atoms with Gasteiger partial charge in [0.25, 0.3) is 0 Å². The highest BCUT2D eigenvalue weighted by molar-refractivity contribution is 9.10. The van der Waals surface area contributed by atoms with Crippen molar-refractivity contribution < 1.29 is 4.84 Å². The van der Waals surface area contributed by atoms with Gasteiger partial charge >= 0.3 is 0 Å². The highest BCUT2D eigenvalue weighted by Gasteiger charge is 2.27. The largest absolute Gasteiger partial charge is 0.391 e. The molecule has 3 aromatic rings. The third-order valence-corrected chi connectivity index (χ3v) is 5.78. The van der Waals surface area contributed by atoms with Crippen molar-refractivity contribution in [3.63, 3.8) is 0 Å². The summed E-state index contributed by atoms with van der Waals surface area (Å²) >= 11 is 9.73. The van der Waals surface area contributed by atoms with Gasteiger partial charge in [-0.1, -0.05) is 57.0 Å². The second kappa shape index (κ2) is 8.28. The molecule has 0 amide bonds. The molecule has 0 aliphatic heterocycles. The molecule has 1 unspecified atom stereocenters. The average Bonchev–Trinajstić information content (AvgIpc) is 3.17. The fourth-order valence-corrected chi connectivity index (χ4v) is 4.26. The van der Waals surface area contributed by atoms with Gasteiger partial charge in [-0.2, -0.15) is 0 Å². The van der Waals surface area contributed by atoms with Crippen LogP contribution in [0.5, 0.6) is 0 Å². The van der Waals surface area contributed by atoms with Crippen molar-refractivity contribution >= 4 is 33.2 Å². The Kier molecular flexibility index (Phi) is 5.60. The molecule has 4 nitrogen and oxygen atoms in total. The van der Waals surface area contributed by atoms with Crippen molar-refractivity contribution in [2.45, 2.75) is 26.0 Å². The normalized spacial score (nSPS) is 17.7. The van der Waals surface area contributed by atoms with Crippen LogP contribution in [-0.2, 0) is 24.4 Å². The van der Waals surface area contributed by atoms with Crippen LogP contribution in [0.2, 0.25) is 5.02 Å². The van der Waals surface area contributed by atoms with E-state index < -0.39 is 0 Å². The maximum Gasteiger partial charge on any atom is 0.142 e.